The maximum Gasteiger partial charge on any atom is 0.222 e. The quantitative estimate of drug-likeness (QED) is 0.861. The van der Waals surface area contributed by atoms with Crippen molar-refractivity contribution in [3.63, 3.8) is 0 Å². The van der Waals surface area contributed by atoms with E-state index in [0.29, 0.717) is 11.9 Å². The van der Waals surface area contributed by atoms with Crippen molar-refractivity contribution in [3.05, 3.63) is 53.2 Å². The minimum atomic E-state index is 0.470. The lowest BCUT2D eigenvalue weighted by molar-refractivity contribution is 0.453. The Morgan fingerprint density at radius 2 is 2.00 bits per heavy atom. The standard InChI is InChI=1S/C18H24N2O/c1-5-16-8-6-7-9-17(16)21-18-14(4)10-15(12-20-18)11-19-13(2)3/h6-10,12-13,19H,5,11H2,1-4H3. The van der Waals surface area contributed by atoms with Gasteiger partial charge in [-0.1, -0.05) is 39.0 Å². The van der Waals surface area contributed by atoms with Gasteiger partial charge in [-0.3, -0.25) is 0 Å². The summed E-state index contributed by atoms with van der Waals surface area (Å²) in [6, 6.07) is 10.7. The number of hydrogen-bond donors (Lipinski definition) is 1. The molecule has 1 aromatic carbocycles. The maximum absolute atomic E-state index is 5.98. The average molecular weight is 284 g/mol. The van der Waals surface area contributed by atoms with Gasteiger partial charge in [-0.15, -0.1) is 0 Å². The van der Waals surface area contributed by atoms with Crippen molar-refractivity contribution in [2.75, 3.05) is 0 Å². The van der Waals surface area contributed by atoms with E-state index in [1.807, 2.05) is 31.3 Å². The minimum absolute atomic E-state index is 0.470. The average Bonchev–Trinajstić information content (AvgIpc) is 2.48. The van der Waals surface area contributed by atoms with Crippen LogP contribution >= 0.6 is 0 Å². The molecule has 1 N–H and O–H groups in total. The molecule has 0 bridgehead atoms. The number of hydrogen-bond acceptors (Lipinski definition) is 3. The van der Waals surface area contributed by atoms with E-state index >= 15 is 0 Å². The summed E-state index contributed by atoms with van der Waals surface area (Å²) in [5, 5.41) is 3.40. The van der Waals surface area contributed by atoms with Crippen LogP contribution in [0.5, 0.6) is 11.6 Å². The van der Waals surface area contributed by atoms with Gasteiger partial charge in [0.1, 0.15) is 5.75 Å². The van der Waals surface area contributed by atoms with Crippen molar-refractivity contribution >= 4 is 0 Å². The van der Waals surface area contributed by atoms with Gasteiger partial charge in [0.05, 0.1) is 0 Å². The molecule has 0 radical (unpaired) electrons. The number of ether oxygens (including phenoxy) is 1. The molecule has 0 aliphatic rings. The molecule has 1 heterocycles. The molecule has 0 fully saturated rings. The topological polar surface area (TPSA) is 34.1 Å². The molecule has 2 aromatic rings. The van der Waals surface area contributed by atoms with Gasteiger partial charge in [-0.25, -0.2) is 4.98 Å². The van der Waals surface area contributed by atoms with Gasteiger partial charge in [-0.05, 0) is 36.6 Å². The summed E-state index contributed by atoms with van der Waals surface area (Å²) in [6.07, 6.45) is 2.83. The third kappa shape index (κ3) is 4.30. The Morgan fingerprint density at radius 3 is 2.67 bits per heavy atom. The summed E-state index contributed by atoms with van der Waals surface area (Å²) < 4.78 is 5.98. The van der Waals surface area contributed by atoms with Gasteiger partial charge >= 0.3 is 0 Å². The first kappa shape index (κ1) is 15.5. The van der Waals surface area contributed by atoms with E-state index < -0.39 is 0 Å². The summed E-state index contributed by atoms with van der Waals surface area (Å²) in [5.74, 6) is 1.58. The molecule has 0 unspecified atom stereocenters. The highest BCUT2D eigenvalue weighted by molar-refractivity contribution is 5.38. The van der Waals surface area contributed by atoms with Crippen molar-refractivity contribution in [2.45, 2.75) is 46.7 Å². The number of pyridine rings is 1. The van der Waals surface area contributed by atoms with Crippen molar-refractivity contribution in [1.82, 2.24) is 10.3 Å². The van der Waals surface area contributed by atoms with E-state index in [-0.39, 0.29) is 0 Å². The van der Waals surface area contributed by atoms with Crippen LogP contribution in [0.25, 0.3) is 0 Å². The van der Waals surface area contributed by atoms with E-state index in [4.69, 9.17) is 4.74 Å². The summed E-state index contributed by atoms with van der Waals surface area (Å²) in [7, 11) is 0. The smallest absolute Gasteiger partial charge is 0.222 e. The van der Waals surface area contributed by atoms with E-state index in [1.165, 1.54) is 11.1 Å². The normalized spacial score (nSPS) is 10.9. The molecular weight excluding hydrogens is 260 g/mol. The zero-order valence-electron chi connectivity index (χ0n) is 13.3. The monoisotopic (exact) mass is 284 g/mol. The third-order valence-corrected chi connectivity index (χ3v) is 3.36. The van der Waals surface area contributed by atoms with Gasteiger partial charge in [0, 0.05) is 24.3 Å². The molecule has 1 aromatic heterocycles. The first-order valence-electron chi connectivity index (χ1n) is 7.54. The zero-order chi connectivity index (χ0) is 15.2. The summed E-state index contributed by atoms with van der Waals surface area (Å²) >= 11 is 0. The van der Waals surface area contributed by atoms with E-state index in [0.717, 1.165) is 24.3 Å². The molecule has 0 atom stereocenters. The Balaban J connectivity index is 2.14. The van der Waals surface area contributed by atoms with Crippen LogP contribution in [0.4, 0.5) is 0 Å². The highest BCUT2D eigenvalue weighted by Gasteiger charge is 2.07. The number of nitrogens with zero attached hydrogens (tertiary/aromatic N) is 1. The molecule has 112 valence electrons. The molecule has 0 aliphatic carbocycles. The van der Waals surface area contributed by atoms with Crippen LogP contribution in [0.2, 0.25) is 0 Å². The molecule has 0 amide bonds. The van der Waals surface area contributed by atoms with Crippen LogP contribution in [-0.4, -0.2) is 11.0 Å². The fraction of sp³-hybridized carbons (Fsp3) is 0.389. The molecule has 3 heteroatoms. The Bertz CT molecular complexity index is 594. The number of rotatable bonds is 6. The lowest BCUT2D eigenvalue weighted by Gasteiger charge is -2.13. The van der Waals surface area contributed by atoms with Gasteiger partial charge in [-0.2, -0.15) is 0 Å². The van der Waals surface area contributed by atoms with Crippen LogP contribution in [0.15, 0.2) is 36.5 Å². The Labute approximate surface area is 127 Å². The van der Waals surface area contributed by atoms with Crippen molar-refractivity contribution < 1.29 is 4.74 Å². The lowest BCUT2D eigenvalue weighted by Crippen LogP contribution is -2.21. The molecule has 0 aliphatic heterocycles. The van der Waals surface area contributed by atoms with Crippen LogP contribution in [0, 0.1) is 6.92 Å². The molecule has 2 rings (SSSR count). The van der Waals surface area contributed by atoms with Crippen LogP contribution < -0.4 is 10.1 Å². The summed E-state index contributed by atoms with van der Waals surface area (Å²) in [6.45, 7) is 9.27. The predicted octanol–water partition coefficient (Wildman–Crippen LogP) is 4.24. The van der Waals surface area contributed by atoms with Gasteiger partial charge in [0.25, 0.3) is 0 Å². The molecule has 3 nitrogen and oxygen atoms in total. The van der Waals surface area contributed by atoms with Crippen molar-refractivity contribution in [2.24, 2.45) is 0 Å². The second kappa shape index (κ2) is 7.23. The third-order valence-electron chi connectivity index (χ3n) is 3.36. The van der Waals surface area contributed by atoms with Crippen LogP contribution in [0.3, 0.4) is 0 Å². The molecule has 0 spiro atoms. The maximum atomic E-state index is 5.98. The summed E-state index contributed by atoms with van der Waals surface area (Å²) in [5.41, 5.74) is 3.44. The largest absolute Gasteiger partial charge is 0.438 e. The number of nitrogens with one attached hydrogen (secondary N) is 1. The Kier molecular flexibility index (Phi) is 5.34. The SMILES string of the molecule is CCc1ccccc1Oc1ncc(CNC(C)C)cc1C. The first-order valence-corrected chi connectivity index (χ1v) is 7.54. The highest BCUT2D eigenvalue weighted by atomic mass is 16.5. The minimum Gasteiger partial charge on any atom is -0.438 e. The molecule has 21 heavy (non-hydrogen) atoms. The predicted molar refractivity (Wildman–Crippen MR) is 86.8 cm³/mol. The Morgan fingerprint density at radius 1 is 1.24 bits per heavy atom. The molecule has 0 saturated carbocycles. The van der Waals surface area contributed by atoms with E-state index in [9.17, 15) is 0 Å². The highest BCUT2D eigenvalue weighted by Crippen LogP contribution is 2.26. The lowest BCUT2D eigenvalue weighted by atomic mass is 10.1. The number of aryl methyl sites for hydroxylation is 2. The number of para-hydroxylation sites is 1. The van der Waals surface area contributed by atoms with Crippen LogP contribution in [0.1, 0.15) is 37.5 Å². The number of benzene rings is 1. The van der Waals surface area contributed by atoms with E-state index in [2.05, 4.69) is 43.2 Å². The zero-order valence-corrected chi connectivity index (χ0v) is 13.3. The van der Waals surface area contributed by atoms with Crippen molar-refractivity contribution in [3.8, 4) is 11.6 Å². The van der Waals surface area contributed by atoms with Crippen molar-refractivity contribution in [1.29, 1.82) is 0 Å². The van der Waals surface area contributed by atoms with Gasteiger partial charge < -0.3 is 10.1 Å². The van der Waals surface area contributed by atoms with E-state index in [1.54, 1.807) is 0 Å². The van der Waals surface area contributed by atoms with Gasteiger partial charge in [0.2, 0.25) is 5.88 Å². The second-order valence-corrected chi connectivity index (χ2v) is 5.56. The second-order valence-electron chi connectivity index (χ2n) is 5.56. The fourth-order valence-corrected chi connectivity index (χ4v) is 2.15. The summed E-state index contributed by atoms with van der Waals surface area (Å²) in [4.78, 5) is 4.46. The Hall–Kier alpha value is -1.87. The fourth-order valence-electron chi connectivity index (χ4n) is 2.15. The number of aromatic nitrogens is 1. The van der Waals surface area contributed by atoms with Gasteiger partial charge in [0.15, 0.2) is 0 Å². The van der Waals surface area contributed by atoms with Crippen LogP contribution in [-0.2, 0) is 13.0 Å². The molecule has 0 saturated heterocycles. The first-order chi connectivity index (χ1) is 10.1. The molecular formula is C18H24N2O.